The van der Waals surface area contributed by atoms with Crippen LogP contribution in [0.25, 0.3) is 0 Å². The molecule has 1 aliphatic rings. The zero-order valence-corrected chi connectivity index (χ0v) is 13.5. The summed E-state index contributed by atoms with van der Waals surface area (Å²) >= 11 is 0. The predicted octanol–water partition coefficient (Wildman–Crippen LogP) is 1.68. The molecule has 0 radical (unpaired) electrons. The Morgan fingerprint density at radius 1 is 1.09 bits per heavy atom. The van der Waals surface area contributed by atoms with Gasteiger partial charge in [0, 0.05) is 37.7 Å². The van der Waals surface area contributed by atoms with Crippen molar-refractivity contribution in [3.8, 4) is 5.75 Å². The molecular weight excluding hydrogens is 280 g/mol. The van der Waals surface area contributed by atoms with E-state index in [1.807, 2.05) is 18.7 Å². The SMILES string of the molecule is COc1ccc(C(=O)CN2CCN(C(=O)C(C)C)CC2)cc1. The van der Waals surface area contributed by atoms with Crippen LogP contribution in [-0.4, -0.2) is 61.3 Å². The molecule has 1 aromatic carbocycles. The maximum absolute atomic E-state index is 12.3. The zero-order chi connectivity index (χ0) is 16.1. The number of piperazine rings is 1. The molecule has 0 spiro atoms. The van der Waals surface area contributed by atoms with E-state index in [2.05, 4.69) is 4.90 Å². The largest absolute Gasteiger partial charge is 0.497 e. The molecule has 0 N–H and O–H groups in total. The number of amides is 1. The fraction of sp³-hybridized carbons (Fsp3) is 0.529. The van der Waals surface area contributed by atoms with Crippen molar-refractivity contribution in [2.45, 2.75) is 13.8 Å². The summed E-state index contributed by atoms with van der Waals surface area (Å²) in [4.78, 5) is 28.2. The van der Waals surface area contributed by atoms with Crippen LogP contribution in [0.2, 0.25) is 0 Å². The van der Waals surface area contributed by atoms with E-state index in [-0.39, 0.29) is 17.6 Å². The van der Waals surface area contributed by atoms with Gasteiger partial charge in [0.15, 0.2) is 5.78 Å². The third-order valence-corrected chi connectivity index (χ3v) is 3.96. The standard InChI is InChI=1S/C17H24N2O3/c1-13(2)17(21)19-10-8-18(9-11-19)12-16(20)14-4-6-15(22-3)7-5-14/h4-7,13H,8-12H2,1-3H3. The van der Waals surface area contributed by atoms with E-state index >= 15 is 0 Å². The molecule has 0 bridgehead atoms. The molecule has 5 heteroatoms. The lowest BCUT2D eigenvalue weighted by Crippen LogP contribution is -2.50. The zero-order valence-electron chi connectivity index (χ0n) is 13.5. The number of ether oxygens (including phenoxy) is 1. The first-order valence-corrected chi connectivity index (χ1v) is 7.69. The lowest BCUT2D eigenvalue weighted by Gasteiger charge is -2.35. The molecule has 120 valence electrons. The van der Waals surface area contributed by atoms with E-state index in [9.17, 15) is 9.59 Å². The lowest BCUT2D eigenvalue weighted by molar-refractivity contribution is -0.136. The number of carbonyl (C=O) groups is 2. The van der Waals surface area contributed by atoms with Crippen molar-refractivity contribution in [1.29, 1.82) is 0 Å². The normalized spacial score (nSPS) is 15.9. The number of nitrogens with zero attached hydrogens (tertiary/aromatic N) is 2. The Labute approximate surface area is 131 Å². The van der Waals surface area contributed by atoms with Crippen LogP contribution >= 0.6 is 0 Å². The summed E-state index contributed by atoms with van der Waals surface area (Å²) in [6.45, 7) is 7.14. The van der Waals surface area contributed by atoms with Crippen molar-refractivity contribution in [3.05, 3.63) is 29.8 Å². The van der Waals surface area contributed by atoms with Gasteiger partial charge in [-0.15, -0.1) is 0 Å². The molecule has 1 aliphatic heterocycles. The number of methoxy groups -OCH3 is 1. The fourth-order valence-electron chi connectivity index (χ4n) is 2.56. The molecule has 0 aliphatic carbocycles. The Kier molecular flexibility index (Phi) is 5.55. The van der Waals surface area contributed by atoms with Crippen LogP contribution in [0.3, 0.4) is 0 Å². The quantitative estimate of drug-likeness (QED) is 0.777. The summed E-state index contributed by atoms with van der Waals surface area (Å²) in [6, 6.07) is 7.18. The van der Waals surface area contributed by atoms with Crippen LogP contribution < -0.4 is 4.74 Å². The van der Waals surface area contributed by atoms with Crippen LogP contribution in [0.1, 0.15) is 24.2 Å². The van der Waals surface area contributed by atoms with Crippen LogP contribution in [0.4, 0.5) is 0 Å². The van der Waals surface area contributed by atoms with Gasteiger partial charge in [0.25, 0.3) is 0 Å². The average Bonchev–Trinajstić information content (AvgIpc) is 2.54. The average molecular weight is 304 g/mol. The molecule has 0 atom stereocenters. The van der Waals surface area contributed by atoms with Crippen molar-refractivity contribution < 1.29 is 14.3 Å². The Hall–Kier alpha value is -1.88. The molecule has 1 heterocycles. The Balaban J connectivity index is 1.84. The monoisotopic (exact) mass is 304 g/mol. The number of carbonyl (C=O) groups excluding carboxylic acids is 2. The van der Waals surface area contributed by atoms with Gasteiger partial charge in [0.2, 0.25) is 5.91 Å². The number of hydrogen-bond acceptors (Lipinski definition) is 4. The van der Waals surface area contributed by atoms with Gasteiger partial charge in [-0.1, -0.05) is 13.8 Å². The van der Waals surface area contributed by atoms with Crippen molar-refractivity contribution in [1.82, 2.24) is 9.80 Å². The van der Waals surface area contributed by atoms with E-state index in [0.29, 0.717) is 25.2 Å². The third-order valence-electron chi connectivity index (χ3n) is 3.96. The molecule has 0 aromatic heterocycles. The summed E-state index contributed by atoms with van der Waals surface area (Å²) < 4.78 is 5.09. The van der Waals surface area contributed by atoms with Gasteiger partial charge in [-0.25, -0.2) is 0 Å². The summed E-state index contributed by atoms with van der Waals surface area (Å²) in [5.74, 6) is 1.08. The first-order valence-electron chi connectivity index (χ1n) is 7.69. The molecule has 1 saturated heterocycles. The second-order valence-electron chi connectivity index (χ2n) is 5.91. The van der Waals surface area contributed by atoms with E-state index in [4.69, 9.17) is 4.74 Å². The number of hydrogen-bond donors (Lipinski definition) is 0. The van der Waals surface area contributed by atoms with E-state index in [1.54, 1.807) is 31.4 Å². The first kappa shape index (κ1) is 16.5. The third kappa shape index (κ3) is 4.07. The molecule has 1 fully saturated rings. The van der Waals surface area contributed by atoms with Gasteiger partial charge in [-0.3, -0.25) is 14.5 Å². The molecule has 0 unspecified atom stereocenters. The summed E-state index contributed by atoms with van der Waals surface area (Å²) in [7, 11) is 1.61. The number of rotatable bonds is 5. The van der Waals surface area contributed by atoms with E-state index in [0.717, 1.165) is 18.8 Å². The number of ketones is 1. The first-order chi connectivity index (χ1) is 10.5. The van der Waals surface area contributed by atoms with E-state index in [1.165, 1.54) is 0 Å². The topological polar surface area (TPSA) is 49.9 Å². The predicted molar refractivity (Wildman–Crippen MR) is 85.2 cm³/mol. The number of Topliss-reactive ketones (excluding diaryl/α,β-unsaturated/α-hetero) is 1. The molecular formula is C17H24N2O3. The van der Waals surface area contributed by atoms with Gasteiger partial charge in [-0.2, -0.15) is 0 Å². The van der Waals surface area contributed by atoms with Gasteiger partial charge in [0.1, 0.15) is 5.75 Å². The van der Waals surface area contributed by atoms with Gasteiger partial charge >= 0.3 is 0 Å². The molecule has 5 nitrogen and oxygen atoms in total. The highest BCUT2D eigenvalue weighted by Gasteiger charge is 2.24. The molecule has 1 aromatic rings. The summed E-state index contributed by atoms with van der Waals surface area (Å²) in [5, 5.41) is 0. The Morgan fingerprint density at radius 2 is 1.68 bits per heavy atom. The van der Waals surface area contributed by atoms with Crippen molar-refractivity contribution in [2.75, 3.05) is 39.8 Å². The highest BCUT2D eigenvalue weighted by molar-refractivity contribution is 5.97. The maximum atomic E-state index is 12.3. The van der Waals surface area contributed by atoms with Gasteiger partial charge in [-0.05, 0) is 24.3 Å². The maximum Gasteiger partial charge on any atom is 0.225 e. The minimum atomic E-state index is 0.0347. The second-order valence-corrected chi connectivity index (χ2v) is 5.91. The molecule has 1 amide bonds. The summed E-state index contributed by atoms with van der Waals surface area (Å²) in [5.41, 5.74) is 0.696. The van der Waals surface area contributed by atoms with Crippen LogP contribution in [0, 0.1) is 5.92 Å². The summed E-state index contributed by atoms with van der Waals surface area (Å²) in [6.07, 6.45) is 0. The van der Waals surface area contributed by atoms with Crippen LogP contribution in [-0.2, 0) is 4.79 Å². The highest BCUT2D eigenvalue weighted by Crippen LogP contribution is 2.13. The Bertz CT molecular complexity index is 517. The molecule has 0 saturated carbocycles. The fourth-order valence-corrected chi connectivity index (χ4v) is 2.56. The molecule has 2 rings (SSSR count). The number of benzene rings is 1. The van der Waals surface area contributed by atoms with Crippen LogP contribution in [0.15, 0.2) is 24.3 Å². The van der Waals surface area contributed by atoms with Crippen molar-refractivity contribution in [2.24, 2.45) is 5.92 Å². The van der Waals surface area contributed by atoms with Crippen molar-refractivity contribution in [3.63, 3.8) is 0 Å². The Morgan fingerprint density at radius 3 is 2.18 bits per heavy atom. The lowest BCUT2D eigenvalue weighted by atomic mass is 10.1. The minimum absolute atomic E-state index is 0.0347. The highest BCUT2D eigenvalue weighted by atomic mass is 16.5. The van der Waals surface area contributed by atoms with Gasteiger partial charge < -0.3 is 9.64 Å². The molecule has 22 heavy (non-hydrogen) atoms. The smallest absolute Gasteiger partial charge is 0.225 e. The van der Waals surface area contributed by atoms with Crippen molar-refractivity contribution >= 4 is 11.7 Å². The second kappa shape index (κ2) is 7.40. The van der Waals surface area contributed by atoms with Crippen LogP contribution in [0.5, 0.6) is 5.75 Å². The minimum Gasteiger partial charge on any atom is -0.497 e. The van der Waals surface area contributed by atoms with Gasteiger partial charge in [0.05, 0.1) is 13.7 Å². The van der Waals surface area contributed by atoms with E-state index < -0.39 is 0 Å².